The summed E-state index contributed by atoms with van der Waals surface area (Å²) in [6, 6.07) is 2.09. The third-order valence-electron chi connectivity index (χ3n) is 2.69. The van der Waals surface area contributed by atoms with Crippen molar-refractivity contribution in [2.45, 2.75) is 26.8 Å². The van der Waals surface area contributed by atoms with Crippen molar-refractivity contribution in [2.24, 2.45) is 0 Å². The number of aromatic nitrogens is 2. The Bertz CT molecular complexity index is 551. The average molecular weight is 261 g/mol. The molecule has 0 saturated heterocycles. The van der Waals surface area contributed by atoms with Crippen LogP contribution in [0.5, 0.6) is 0 Å². The van der Waals surface area contributed by atoms with E-state index in [0.29, 0.717) is 5.69 Å². The van der Waals surface area contributed by atoms with Gasteiger partial charge in [-0.3, -0.25) is 9.78 Å². The molecule has 1 N–H and O–H groups in total. The Kier molecular flexibility index (Phi) is 3.72. The van der Waals surface area contributed by atoms with Crippen LogP contribution >= 0.6 is 11.3 Å². The van der Waals surface area contributed by atoms with E-state index in [-0.39, 0.29) is 11.9 Å². The molecule has 94 valence electrons. The zero-order chi connectivity index (χ0) is 13.1. The molecule has 0 bridgehead atoms. The van der Waals surface area contributed by atoms with E-state index in [1.807, 2.05) is 6.92 Å². The summed E-state index contributed by atoms with van der Waals surface area (Å²) >= 11 is 1.74. The van der Waals surface area contributed by atoms with Crippen LogP contribution in [-0.4, -0.2) is 15.9 Å². The monoisotopic (exact) mass is 261 g/mol. The summed E-state index contributed by atoms with van der Waals surface area (Å²) in [4.78, 5) is 22.3. The molecule has 2 aromatic heterocycles. The largest absolute Gasteiger partial charge is 0.344 e. The minimum atomic E-state index is -0.196. The first-order chi connectivity index (χ1) is 8.58. The SMILES string of the molecule is Cc1cc(C(C)NC(=O)c2cnccn2)c(C)s1. The summed E-state index contributed by atoms with van der Waals surface area (Å²) in [5.74, 6) is -0.196. The highest BCUT2D eigenvalue weighted by atomic mass is 32.1. The van der Waals surface area contributed by atoms with Crippen molar-refractivity contribution >= 4 is 17.2 Å². The molecule has 0 radical (unpaired) electrons. The lowest BCUT2D eigenvalue weighted by molar-refractivity contribution is 0.0934. The molecule has 0 aliphatic carbocycles. The molecule has 1 atom stereocenters. The highest BCUT2D eigenvalue weighted by Gasteiger charge is 2.15. The lowest BCUT2D eigenvalue weighted by atomic mass is 10.1. The fourth-order valence-corrected chi connectivity index (χ4v) is 2.87. The normalized spacial score (nSPS) is 12.2. The number of rotatable bonds is 3. The van der Waals surface area contributed by atoms with Gasteiger partial charge in [0.1, 0.15) is 5.69 Å². The standard InChI is InChI=1S/C13H15N3OS/c1-8-6-11(10(3)18-8)9(2)16-13(17)12-7-14-4-5-15-12/h4-7,9H,1-3H3,(H,16,17). The molecule has 2 aromatic rings. The van der Waals surface area contributed by atoms with Gasteiger partial charge in [-0.25, -0.2) is 4.98 Å². The van der Waals surface area contributed by atoms with Crippen molar-refractivity contribution in [1.82, 2.24) is 15.3 Å². The number of hydrogen-bond donors (Lipinski definition) is 1. The number of hydrogen-bond acceptors (Lipinski definition) is 4. The highest BCUT2D eigenvalue weighted by molar-refractivity contribution is 7.12. The summed E-state index contributed by atoms with van der Waals surface area (Å²) in [7, 11) is 0. The first kappa shape index (κ1) is 12.7. The Balaban J connectivity index is 2.10. The van der Waals surface area contributed by atoms with E-state index in [2.05, 4.69) is 35.2 Å². The number of nitrogens with zero attached hydrogens (tertiary/aromatic N) is 2. The van der Waals surface area contributed by atoms with E-state index < -0.39 is 0 Å². The molecule has 18 heavy (non-hydrogen) atoms. The van der Waals surface area contributed by atoms with E-state index in [1.165, 1.54) is 22.1 Å². The molecule has 0 saturated carbocycles. The molecule has 0 aliphatic rings. The Morgan fingerprint density at radius 1 is 1.39 bits per heavy atom. The first-order valence-corrected chi connectivity index (χ1v) is 6.53. The molecule has 2 rings (SSSR count). The van der Waals surface area contributed by atoms with E-state index in [0.717, 1.165) is 5.56 Å². The summed E-state index contributed by atoms with van der Waals surface area (Å²) in [5, 5.41) is 2.93. The lowest BCUT2D eigenvalue weighted by Gasteiger charge is -2.13. The lowest BCUT2D eigenvalue weighted by Crippen LogP contribution is -2.27. The van der Waals surface area contributed by atoms with Crippen LogP contribution in [0.4, 0.5) is 0 Å². The van der Waals surface area contributed by atoms with Gasteiger partial charge < -0.3 is 5.32 Å². The molecule has 0 aromatic carbocycles. The van der Waals surface area contributed by atoms with Crippen molar-refractivity contribution in [1.29, 1.82) is 0 Å². The minimum Gasteiger partial charge on any atom is -0.344 e. The van der Waals surface area contributed by atoms with Crippen molar-refractivity contribution in [3.63, 3.8) is 0 Å². The summed E-state index contributed by atoms with van der Waals surface area (Å²) < 4.78 is 0. The van der Waals surface area contributed by atoms with Gasteiger partial charge in [0.15, 0.2) is 0 Å². The number of carbonyl (C=O) groups is 1. The van der Waals surface area contributed by atoms with Crippen LogP contribution in [0.3, 0.4) is 0 Å². The molecule has 1 amide bonds. The van der Waals surface area contributed by atoms with Gasteiger partial charge in [0, 0.05) is 22.1 Å². The average Bonchev–Trinajstić information content (AvgIpc) is 2.69. The van der Waals surface area contributed by atoms with Crippen LogP contribution < -0.4 is 5.32 Å². The second-order valence-corrected chi connectivity index (χ2v) is 5.61. The van der Waals surface area contributed by atoms with Gasteiger partial charge in [-0.2, -0.15) is 0 Å². The van der Waals surface area contributed by atoms with E-state index in [4.69, 9.17) is 0 Å². The molecule has 0 aliphatic heterocycles. The number of aryl methyl sites for hydroxylation is 2. The number of nitrogens with one attached hydrogen (secondary N) is 1. The van der Waals surface area contributed by atoms with E-state index in [1.54, 1.807) is 17.5 Å². The fourth-order valence-electron chi connectivity index (χ4n) is 1.85. The van der Waals surface area contributed by atoms with Crippen molar-refractivity contribution in [3.8, 4) is 0 Å². The molecular weight excluding hydrogens is 246 g/mol. The summed E-state index contributed by atoms with van der Waals surface area (Å²) in [6.07, 6.45) is 4.53. The molecule has 0 fully saturated rings. The molecule has 2 heterocycles. The van der Waals surface area contributed by atoms with Gasteiger partial charge >= 0.3 is 0 Å². The van der Waals surface area contributed by atoms with Gasteiger partial charge in [0.05, 0.1) is 12.2 Å². The number of carbonyl (C=O) groups excluding carboxylic acids is 1. The Morgan fingerprint density at radius 3 is 2.72 bits per heavy atom. The van der Waals surface area contributed by atoms with Crippen molar-refractivity contribution in [2.75, 3.05) is 0 Å². The molecule has 1 unspecified atom stereocenters. The van der Waals surface area contributed by atoms with Crippen LogP contribution in [0.1, 0.15) is 38.8 Å². The first-order valence-electron chi connectivity index (χ1n) is 5.71. The summed E-state index contributed by atoms with van der Waals surface area (Å²) in [5.41, 5.74) is 1.50. The van der Waals surface area contributed by atoms with Crippen LogP contribution in [0, 0.1) is 13.8 Å². The van der Waals surface area contributed by atoms with Gasteiger partial charge in [-0.05, 0) is 32.4 Å². The quantitative estimate of drug-likeness (QED) is 0.924. The zero-order valence-corrected chi connectivity index (χ0v) is 11.4. The highest BCUT2D eigenvalue weighted by Crippen LogP contribution is 2.26. The maximum absolute atomic E-state index is 11.9. The maximum atomic E-state index is 11.9. The number of thiophene rings is 1. The van der Waals surface area contributed by atoms with Crippen LogP contribution in [0.15, 0.2) is 24.7 Å². The Morgan fingerprint density at radius 2 is 2.17 bits per heavy atom. The molecule has 4 nitrogen and oxygen atoms in total. The van der Waals surface area contributed by atoms with Crippen LogP contribution in [0.25, 0.3) is 0 Å². The molecule has 5 heteroatoms. The number of amides is 1. The van der Waals surface area contributed by atoms with Crippen LogP contribution in [-0.2, 0) is 0 Å². The van der Waals surface area contributed by atoms with Gasteiger partial charge in [0.25, 0.3) is 5.91 Å². The third kappa shape index (κ3) is 2.73. The van der Waals surface area contributed by atoms with Gasteiger partial charge in [0.2, 0.25) is 0 Å². The second kappa shape index (κ2) is 5.27. The topological polar surface area (TPSA) is 54.9 Å². The van der Waals surface area contributed by atoms with Crippen molar-refractivity contribution < 1.29 is 4.79 Å². The predicted octanol–water partition coefficient (Wildman–Crippen LogP) is 2.65. The predicted molar refractivity (Wildman–Crippen MR) is 71.7 cm³/mol. The van der Waals surface area contributed by atoms with Crippen LogP contribution in [0.2, 0.25) is 0 Å². The fraction of sp³-hybridized carbons (Fsp3) is 0.308. The zero-order valence-electron chi connectivity index (χ0n) is 10.6. The minimum absolute atomic E-state index is 0.0237. The maximum Gasteiger partial charge on any atom is 0.271 e. The molecular formula is C13H15N3OS. The molecule has 0 spiro atoms. The smallest absolute Gasteiger partial charge is 0.271 e. The Labute approximate surface area is 110 Å². The van der Waals surface area contributed by atoms with E-state index in [9.17, 15) is 4.79 Å². The van der Waals surface area contributed by atoms with Crippen molar-refractivity contribution in [3.05, 3.63) is 45.7 Å². The Hall–Kier alpha value is -1.75. The van der Waals surface area contributed by atoms with Gasteiger partial charge in [-0.1, -0.05) is 0 Å². The van der Waals surface area contributed by atoms with E-state index >= 15 is 0 Å². The summed E-state index contributed by atoms with van der Waals surface area (Å²) in [6.45, 7) is 6.11. The third-order valence-corrected chi connectivity index (χ3v) is 3.67. The van der Waals surface area contributed by atoms with Gasteiger partial charge in [-0.15, -0.1) is 11.3 Å². The second-order valence-electron chi connectivity index (χ2n) is 4.15.